The number of aromatic nitrogens is 3. The number of nitrogens with zero attached hydrogens (tertiary/aromatic N) is 3. The summed E-state index contributed by atoms with van der Waals surface area (Å²) in [5, 5.41) is 12.4. The van der Waals surface area contributed by atoms with Gasteiger partial charge in [0.15, 0.2) is 11.5 Å². The number of hydrogen-bond acceptors (Lipinski definition) is 3. The van der Waals surface area contributed by atoms with Crippen molar-refractivity contribution in [2.45, 2.75) is 6.18 Å². The first-order valence-electron chi connectivity index (χ1n) is 4.36. The van der Waals surface area contributed by atoms with Crippen LogP contribution in [0.25, 0.3) is 5.82 Å². The molecule has 2 rings (SSSR count). The molecule has 90 valence electrons. The number of alkyl halides is 3. The van der Waals surface area contributed by atoms with Gasteiger partial charge in [-0.1, -0.05) is 0 Å². The standard InChI is InChI=1S/C9H5F4N3O/c10-5-1-2-7(14-4-5)16-8(17)3-6(15-16)9(11,12)13/h1-4,17H. The number of halogens is 4. The second-order valence-electron chi connectivity index (χ2n) is 3.13. The maximum absolute atomic E-state index is 12.6. The summed E-state index contributed by atoms with van der Waals surface area (Å²) in [6, 6.07) is 2.56. The van der Waals surface area contributed by atoms with E-state index in [-0.39, 0.29) is 5.82 Å². The van der Waals surface area contributed by atoms with Crippen molar-refractivity contribution < 1.29 is 22.7 Å². The third-order valence-corrected chi connectivity index (χ3v) is 1.91. The Morgan fingerprint density at radius 1 is 1.24 bits per heavy atom. The molecule has 0 fully saturated rings. The smallest absolute Gasteiger partial charge is 0.435 e. The van der Waals surface area contributed by atoms with Gasteiger partial charge in [-0.05, 0) is 12.1 Å². The minimum atomic E-state index is -4.66. The lowest BCUT2D eigenvalue weighted by Crippen LogP contribution is -2.07. The van der Waals surface area contributed by atoms with E-state index in [2.05, 4.69) is 10.1 Å². The minimum absolute atomic E-state index is 0.112. The van der Waals surface area contributed by atoms with Crippen LogP contribution in [-0.4, -0.2) is 19.9 Å². The van der Waals surface area contributed by atoms with Crippen LogP contribution in [-0.2, 0) is 6.18 Å². The van der Waals surface area contributed by atoms with Crippen molar-refractivity contribution in [1.82, 2.24) is 14.8 Å². The predicted octanol–water partition coefficient (Wildman–Crippen LogP) is 2.13. The number of pyridine rings is 1. The Morgan fingerprint density at radius 3 is 2.41 bits per heavy atom. The van der Waals surface area contributed by atoms with E-state index in [1.165, 1.54) is 0 Å². The highest BCUT2D eigenvalue weighted by atomic mass is 19.4. The molecule has 0 aliphatic rings. The summed E-state index contributed by atoms with van der Waals surface area (Å²) in [5.41, 5.74) is -1.25. The predicted molar refractivity (Wildman–Crippen MR) is 48.0 cm³/mol. The first-order valence-corrected chi connectivity index (χ1v) is 4.36. The molecule has 0 amide bonds. The second-order valence-corrected chi connectivity index (χ2v) is 3.13. The van der Waals surface area contributed by atoms with E-state index >= 15 is 0 Å². The van der Waals surface area contributed by atoms with Crippen LogP contribution in [0, 0.1) is 5.82 Å². The van der Waals surface area contributed by atoms with Gasteiger partial charge >= 0.3 is 6.18 Å². The molecule has 2 aromatic heterocycles. The molecule has 0 saturated carbocycles. The summed E-state index contributed by atoms with van der Waals surface area (Å²) in [5.74, 6) is -1.48. The topological polar surface area (TPSA) is 50.9 Å². The van der Waals surface area contributed by atoms with Gasteiger partial charge in [0.25, 0.3) is 0 Å². The molecular formula is C9H5F4N3O. The molecule has 0 spiro atoms. The number of hydrogen-bond donors (Lipinski definition) is 1. The lowest BCUT2D eigenvalue weighted by Gasteiger charge is -2.02. The fourth-order valence-electron chi connectivity index (χ4n) is 1.17. The molecule has 17 heavy (non-hydrogen) atoms. The SMILES string of the molecule is Oc1cc(C(F)(F)F)nn1-c1ccc(F)cn1. The first kappa shape index (κ1) is 11.4. The van der Waals surface area contributed by atoms with Gasteiger partial charge < -0.3 is 5.11 Å². The summed E-state index contributed by atoms with van der Waals surface area (Å²) >= 11 is 0. The Kier molecular flexibility index (Phi) is 2.49. The minimum Gasteiger partial charge on any atom is -0.493 e. The summed E-state index contributed by atoms with van der Waals surface area (Å²) in [6.07, 6.45) is -3.85. The largest absolute Gasteiger partial charge is 0.493 e. The highest BCUT2D eigenvalue weighted by Gasteiger charge is 2.35. The third kappa shape index (κ3) is 2.19. The molecule has 0 aromatic carbocycles. The van der Waals surface area contributed by atoms with Gasteiger partial charge in [0, 0.05) is 6.07 Å². The lowest BCUT2D eigenvalue weighted by molar-refractivity contribution is -0.141. The van der Waals surface area contributed by atoms with Gasteiger partial charge in [0.2, 0.25) is 5.88 Å². The van der Waals surface area contributed by atoms with Gasteiger partial charge in [-0.15, -0.1) is 0 Å². The molecule has 0 saturated heterocycles. The van der Waals surface area contributed by atoms with E-state index in [0.29, 0.717) is 10.7 Å². The Morgan fingerprint density at radius 2 is 1.94 bits per heavy atom. The van der Waals surface area contributed by atoms with E-state index in [0.717, 1.165) is 18.3 Å². The van der Waals surface area contributed by atoms with Gasteiger partial charge in [-0.2, -0.15) is 23.0 Å². The summed E-state index contributed by atoms with van der Waals surface area (Å²) in [6.45, 7) is 0. The summed E-state index contributed by atoms with van der Waals surface area (Å²) in [7, 11) is 0. The van der Waals surface area contributed by atoms with Gasteiger partial charge in [-0.3, -0.25) is 0 Å². The monoisotopic (exact) mass is 247 g/mol. The Bertz CT molecular complexity index is 532. The van der Waals surface area contributed by atoms with Gasteiger partial charge in [-0.25, -0.2) is 9.37 Å². The molecule has 2 aromatic rings. The molecular weight excluding hydrogens is 242 g/mol. The van der Waals surface area contributed by atoms with Crippen molar-refractivity contribution in [2.75, 3.05) is 0 Å². The summed E-state index contributed by atoms with van der Waals surface area (Å²) in [4.78, 5) is 3.50. The van der Waals surface area contributed by atoms with Crippen LogP contribution < -0.4 is 0 Å². The van der Waals surface area contributed by atoms with E-state index in [4.69, 9.17) is 0 Å². The maximum atomic E-state index is 12.6. The van der Waals surface area contributed by atoms with Crippen molar-refractivity contribution in [3.05, 3.63) is 35.9 Å². The van der Waals surface area contributed by atoms with Crippen LogP contribution in [0.15, 0.2) is 24.4 Å². The van der Waals surface area contributed by atoms with Crippen LogP contribution >= 0.6 is 0 Å². The molecule has 8 heteroatoms. The fraction of sp³-hybridized carbons (Fsp3) is 0.111. The van der Waals surface area contributed by atoms with Crippen molar-refractivity contribution >= 4 is 0 Å². The quantitative estimate of drug-likeness (QED) is 0.785. The van der Waals surface area contributed by atoms with Crippen LogP contribution in [0.4, 0.5) is 17.6 Å². The van der Waals surface area contributed by atoms with Crippen LogP contribution in [0.3, 0.4) is 0 Å². The third-order valence-electron chi connectivity index (χ3n) is 1.91. The highest BCUT2D eigenvalue weighted by Crippen LogP contribution is 2.31. The average Bonchev–Trinajstić information content (AvgIpc) is 2.61. The zero-order valence-electron chi connectivity index (χ0n) is 8.11. The highest BCUT2D eigenvalue weighted by molar-refractivity contribution is 5.29. The molecule has 0 radical (unpaired) electrons. The Labute approximate surface area is 92.1 Å². The van der Waals surface area contributed by atoms with Crippen molar-refractivity contribution in [3.8, 4) is 11.7 Å². The molecule has 0 bridgehead atoms. The van der Waals surface area contributed by atoms with Crippen molar-refractivity contribution in [2.24, 2.45) is 0 Å². The molecule has 1 N–H and O–H groups in total. The first-order chi connectivity index (χ1) is 7.88. The van der Waals surface area contributed by atoms with Gasteiger partial charge in [0.1, 0.15) is 5.82 Å². The van der Waals surface area contributed by atoms with E-state index in [1.807, 2.05) is 0 Å². The molecule has 4 nitrogen and oxygen atoms in total. The molecule has 0 unspecified atom stereocenters. The second kappa shape index (κ2) is 3.72. The molecule has 0 aliphatic heterocycles. The van der Waals surface area contributed by atoms with Crippen LogP contribution in [0.2, 0.25) is 0 Å². The Balaban J connectivity index is 2.46. The van der Waals surface area contributed by atoms with Crippen molar-refractivity contribution in [3.63, 3.8) is 0 Å². The average molecular weight is 247 g/mol. The maximum Gasteiger partial charge on any atom is 0.435 e. The normalized spacial score (nSPS) is 11.8. The van der Waals surface area contributed by atoms with Crippen LogP contribution in [0.5, 0.6) is 5.88 Å². The van der Waals surface area contributed by atoms with E-state index in [1.54, 1.807) is 0 Å². The molecule has 2 heterocycles. The molecule has 0 aliphatic carbocycles. The molecule has 0 atom stereocenters. The summed E-state index contributed by atoms with van der Waals surface area (Å²) < 4.78 is 50.0. The Hall–Kier alpha value is -2.12. The number of rotatable bonds is 1. The van der Waals surface area contributed by atoms with E-state index < -0.39 is 23.6 Å². The van der Waals surface area contributed by atoms with E-state index in [9.17, 15) is 22.7 Å². The van der Waals surface area contributed by atoms with Gasteiger partial charge in [0.05, 0.1) is 6.20 Å². The zero-order chi connectivity index (χ0) is 12.6. The fourth-order valence-corrected chi connectivity index (χ4v) is 1.17. The number of aromatic hydroxyl groups is 1. The lowest BCUT2D eigenvalue weighted by atomic mass is 10.4. The van der Waals surface area contributed by atoms with Crippen molar-refractivity contribution in [1.29, 1.82) is 0 Å². The van der Waals surface area contributed by atoms with Crippen LogP contribution in [0.1, 0.15) is 5.69 Å². The zero-order valence-corrected chi connectivity index (χ0v) is 8.11.